The highest BCUT2D eigenvalue weighted by Crippen LogP contribution is 2.22. The number of ether oxygens (including phenoxy) is 1. The summed E-state index contributed by atoms with van der Waals surface area (Å²) < 4.78 is 5.10. The molecule has 116 valence electrons. The Morgan fingerprint density at radius 2 is 1.95 bits per heavy atom. The molecule has 0 aromatic heterocycles. The molecule has 1 heterocycles. The Labute approximate surface area is 126 Å². The number of nitrogens with zero attached hydrogens (tertiary/aromatic N) is 2. The van der Waals surface area contributed by atoms with Gasteiger partial charge in [-0.3, -0.25) is 9.80 Å². The van der Waals surface area contributed by atoms with Crippen molar-refractivity contribution in [2.75, 3.05) is 27.2 Å². The van der Waals surface area contributed by atoms with E-state index in [1.165, 1.54) is 7.11 Å². The maximum atomic E-state index is 11.3. The Kier molecular flexibility index (Phi) is 4.85. The molecule has 2 atom stereocenters. The van der Waals surface area contributed by atoms with Crippen molar-refractivity contribution in [3.05, 3.63) is 29.3 Å². The minimum atomic E-state index is -0.950. The Hall–Kier alpha value is -1.59. The van der Waals surface area contributed by atoms with Gasteiger partial charge in [-0.1, -0.05) is 6.07 Å². The van der Waals surface area contributed by atoms with Crippen LogP contribution in [-0.2, 0) is 6.54 Å². The second-order valence-corrected chi connectivity index (χ2v) is 5.90. The summed E-state index contributed by atoms with van der Waals surface area (Å²) in [7, 11) is 3.65. The Balaban J connectivity index is 2.13. The molecule has 0 amide bonds. The van der Waals surface area contributed by atoms with Crippen molar-refractivity contribution in [2.45, 2.75) is 32.5 Å². The quantitative estimate of drug-likeness (QED) is 0.919. The Morgan fingerprint density at radius 3 is 2.48 bits per heavy atom. The van der Waals surface area contributed by atoms with E-state index in [2.05, 4.69) is 30.7 Å². The molecule has 1 aromatic carbocycles. The first kappa shape index (κ1) is 15.8. The Bertz CT molecular complexity index is 506. The minimum Gasteiger partial charge on any atom is -0.496 e. The van der Waals surface area contributed by atoms with Crippen LogP contribution in [0.3, 0.4) is 0 Å². The maximum absolute atomic E-state index is 11.3. The molecule has 2 unspecified atom stereocenters. The first-order valence-electron chi connectivity index (χ1n) is 7.27. The zero-order valence-corrected chi connectivity index (χ0v) is 13.2. The van der Waals surface area contributed by atoms with Gasteiger partial charge in [-0.2, -0.15) is 0 Å². The number of likely N-dealkylation sites (N-methyl/N-ethyl adjacent to an activating group) is 1. The van der Waals surface area contributed by atoms with Crippen LogP contribution in [0.25, 0.3) is 0 Å². The first-order chi connectivity index (χ1) is 9.92. The fourth-order valence-electron chi connectivity index (χ4n) is 2.92. The third kappa shape index (κ3) is 3.54. The standard InChI is InChI=1S/C16H24N2O3/c1-11-8-18(9-12(2)17(11)3)10-13-5-6-15(21-4)14(7-13)16(19)20/h5-7,11-12H,8-10H2,1-4H3,(H,19,20). The number of rotatable bonds is 4. The molecule has 1 fully saturated rings. The van der Waals surface area contributed by atoms with Gasteiger partial charge in [0.1, 0.15) is 11.3 Å². The highest BCUT2D eigenvalue weighted by Gasteiger charge is 2.26. The molecule has 1 N–H and O–H groups in total. The van der Waals surface area contributed by atoms with Gasteiger partial charge in [0.25, 0.3) is 0 Å². The van der Waals surface area contributed by atoms with Crippen molar-refractivity contribution >= 4 is 5.97 Å². The van der Waals surface area contributed by atoms with Gasteiger partial charge in [-0.05, 0) is 38.6 Å². The fraction of sp³-hybridized carbons (Fsp3) is 0.562. The van der Waals surface area contributed by atoms with E-state index >= 15 is 0 Å². The summed E-state index contributed by atoms with van der Waals surface area (Å²) in [5, 5.41) is 9.25. The van der Waals surface area contributed by atoms with Crippen LogP contribution in [0.5, 0.6) is 5.75 Å². The summed E-state index contributed by atoms with van der Waals surface area (Å²) >= 11 is 0. The molecular weight excluding hydrogens is 268 g/mol. The normalized spacial score (nSPS) is 24.0. The van der Waals surface area contributed by atoms with Crippen molar-refractivity contribution in [3.8, 4) is 5.75 Å². The molecule has 1 aliphatic heterocycles. The number of hydrogen-bond acceptors (Lipinski definition) is 4. The van der Waals surface area contributed by atoms with E-state index in [0.29, 0.717) is 17.8 Å². The van der Waals surface area contributed by atoms with Crippen molar-refractivity contribution in [1.82, 2.24) is 9.80 Å². The van der Waals surface area contributed by atoms with Crippen LogP contribution in [0.4, 0.5) is 0 Å². The van der Waals surface area contributed by atoms with Gasteiger partial charge in [0.05, 0.1) is 7.11 Å². The summed E-state index contributed by atoms with van der Waals surface area (Å²) in [6, 6.07) is 6.41. The van der Waals surface area contributed by atoms with E-state index in [0.717, 1.165) is 25.2 Å². The van der Waals surface area contributed by atoms with Gasteiger partial charge in [0, 0.05) is 31.7 Å². The number of carboxylic acids is 1. The lowest BCUT2D eigenvalue weighted by Gasteiger charge is -2.42. The molecular formula is C16H24N2O3. The van der Waals surface area contributed by atoms with Gasteiger partial charge in [0.15, 0.2) is 0 Å². The lowest BCUT2D eigenvalue weighted by atomic mass is 10.1. The van der Waals surface area contributed by atoms with E-state index in [4.69, 9.17) is 4.74 Å². The van der Waals surface area contributed by atoms with Crippen LogP contribution in [0.2, 0.25) is 0 Å². The molecule has 1 aromatic rings. The molecule has 5 nitrogen and oxygen atoms in total. The fourth-order valence-corrected chi connectivity index (χ4v) is 2.92. The lowest BCUT2D eigenvalue weighted by Crippen LogP contribution is -2.54. The summed E-state index contributed by atoms with van der Waals surface area (Å²) in [6.45, 7) is 7.20. The molecule has 5 heteroatoms. The number of methoxy groups -OCH3 is 1. The highest BCUT2D eigenvalue weighted by molar-refractivity contribution is 5.91. The zero-order chi connectivity index (χ0) is 15.6. The predicted octanol–water partition coefficient (Wildman–Crippen LogP) is 1.92. The van der Waals surface area contributed by atoms with Crippen LogP contribution >= 0.6 is 0 Å². The molecule has 0 aliphatic carbocycles. The van der Waals surface area contributed by atoms with Crippen molar-refractivity contribution < 1.29 is 14.6 Å². The Morgan fingerprint density at radius 1 is 1.33 bits per heavy atom. The number of carbonyl (C=O) groups is 1. The number of aromatic carboxylic acids is 1. The van der Waals surface area contributed by atoms with Crippen LogP contribution in [0.1, 0.15) is 29.8 Å². The SMILES string of the molecule is COc1ccc(CN2CC(C)N(C)C(C)C2)cc1C(=O)O. The van der Waals surface area contributed by atoms with Crippen LogP contribution in [-0.4, -0.2) is 60.2 Å². The maximum Gasteiger partial charge on any atom is 0.339 e. The molecule has 0 saturated carbocycles. The van der Waals surface area contributed by atoms with Crippen molar-refractivity contribution in [2.24, 2.45) is 0 Å². The van der Waals surface area contributed by atoms with E-state index in [-0.39, 0.29) is 5.56 Å². The second kappa shape index (κ2) is 6.45. The minimum absolute atomic E-state index is 0.227. The van der Waals surface area contributed by atoms with E-state index in [1.807, 2.05) is 6.07 Å². The van der Waals surface area contributed by atoms with Crippen molar-refractivity contribution in [3.63, 3.8) is 0 Å². The largest absolute Gasteiger partial charge is 0.496 e. The zero-order valence-electron chi connectivity index (χ0n) is 13.2. The highest BCUT2D eigenvalue weighted by atomic mass is 16.5. The molecule has 0 spiro atoms. The molecule has 0 radical (unpaired) electrons. The smallest absolute Gasteiger partial charge is 0.339 e. The average Bonchev–Trinajstić information content (AvgIpc) is 2.44. The van der Waals surface area contributed by atoms with Crippen LogP contribution in [0.15, 0.2) is 18.2 Å². The summed E-state index contributed by atoms with van der Waals surface area (Å²) in [6.07, 6.45) is 0. The first-order valence-corrected chi connectivity index (χ1v) is 7.27. The van der Waals surface area contributed by atoms with E-state index < -0.39 is 5.97 Å². The summed E-state index contributed by atoms with van der Waals surface area (Å²) in [5.74, 6) is -0.542. The third-order valence-electron chi connectivity index (χ3n) is 4.34. The number of hydrogen-bond donors (Lipinski definition) is 1. The van der Waals surface area contributed by atoms with Gasteiger partial charge in [-0.15, -0.1) is 0 Å². The lowest BCUT2D eigenvalue weighted by molar-refractivity contribution is 0.0555. The topological polar surface area (TPSA) is 53.0 Å². The number of benzene rings is 1. The summed E-state index contributed by atoms with van der Waals surface area (Å²) in [5.41, 5.74) is 1.24. The predicted molar refractivity (Wildman–Crippen MR) is 81.9 cm³/mol. The van der Waals surface area contributed by atoms with E-state index in [1.54, 1.807) is 12.1 Å². The van der Waals surface area contributed by atoms with Gasteiger partial charge >= 0.3 is 5.97 Å². The van der Waals surface area contributed by atoms with Crippen LogP contribution in [0, 0.1) is 0 Å². The summed E-state index contributed by atoms with van der Waals surface area (Å²) in [4.78, 5) is 16.0. The van der Waals surface area contributed by atoms with E-state index in [9.17, 15) is 9.90 Å². The molecule has 0 bridgehead atoms. The van der Waals surface area contributed by atoms with Gasteiger partial charge in [-0.25, -0.2) is 4.79 Å². The number of carboxylic acid groups (broad SMARTS) is 1. The van der Waals surface area contributed by atoms with Gasteiger partial charge in [0.2, 0.25) is 0 Å². The molecule has 1 aliphatic rings. The molecule has 2 rings (SSSR count). The monoisotopic (exact) mass is 292 g/mol. The second-order valence-electron chi connectivity index (χ2n) is 5.90. The van der Waals surface area contributed by atoms with Crippen LogP contribution < -0.4 is 4.74 Å². The number of piperazine rings is 1. The van der Waals surface area contributed by atoms with Gasteiger partial charge < -0.3 is 9.84 Å². The molecule has 1 saturated heterocycles. The third-order valence-corrected chi connectivity index (χ3v) is 4.34. The average molecular weight is 292 g/mol. The molecule has 21 heavy (non-hydrogen) atoms. The van der Waals surface area contributed by atoms with Crippen molar-refractivity contribution in [1.29, 1.82) is 0 Å².